The second-order valence-electron chi connectivity index (χ2n) is 6.51. The average molecular weight is 385 g/mol. The summed E-state index contributed by atoms with van der Waals surface area (Å²) < 4.78 is 13.0. The van der Waals surface area contributed by atoms with Crippen LogP contribution in [-0.4, -0.2) is 40.2 Å². The number of ether oxygens (including phenoxy) is 2. The zero-order valence-electron chi connectivity index (χ0n) is 15.1. The number of methoxy groups -OCH3 is 1. The molecule has 7 heteroatoms. The molecule has 0 spiro atoms. The Morgan fingerprint density at radius 1 is 1.07 bits per heavy atom. The molecule has 0 aliphatic carbocycles. The van der Waals surface area contributed by atoms with E-state index < -0.39 is 0 Å². The van der Waals surface area contributed by atoms with E-state index in [4.69, 9.17) is 21.1 Å². The van der Waals surface area contributed by atoms with Gasteiger partial charge in [-0.25, -0.2) is 4.68 Å². The van der Waals surface area contributed by atoms with Gasteiger partial charge in [-0.3, -0.25) is 4.90 Å². The summed E-state index contributed by atoms with van der Waals surface area (Å²) in [5, 5.41) is 9.31. The molecule has 140 valence electrons. The molecule has 2 heterocycles. The third-order valence-electron chi connectivity index (χ3n) is 4.60. The number of rotatable bonds is 6. The van der Waals surface area contributed by atoms with Gasteiger partial charge in [-0.1, -0.05) is 41.1 Å². The molecule has 0 radical (unpaired) electrons. The van der Waals surface area contributed by atoms with E-state index in [0.29, 0.717) is 13.2 Å². The first-order valence-corrected chi connectivity index (χ1v) is 9.22. The van der Waals surface area contributed by atoms with E-state index in [1.807, 2.05) is 47.3 Å². The van der Waals surface area contributed by atoms with Gasteiger partial charge in [0, 0.05) is 18.1 Å². The van der Waals surface area contributed by atoms with Gasteiger partial charge in [0.1, 0.15) is 11.4 Å². The Bertz CT molecular complexity index is 880. The quantitative estimate of drug-likeness (QED) is 0.650. The van der Waals surface area contributed by atoms with Crippen molar-refractivity contribution in [2.75, 3.05) is 20.3 Å². The molecule has 1 fully saturated rings. The highest BCUT2D eigenvalue weighted by Gasteiger charge is 2.29. The van der Waals surface area contributed by atoms with E-state index in [1.165, 1.54) is 5.56 Å². The molecule has 1 aliphatic rings. The lowest BCUT2D eigenvalue weighted by Gasteiger charge is -2.21. The van der Waals surface area contributed by atoms with E-state index in [2.05, 4.69) is 27.3 Å². The predicted octanol–water partition coefficient (Wildman–Crippen LogP) is 3.52. The average Bonchev–Trinajstić information content (AvgIpc) is 3.33. The maximum Gasteiger partial charge on any atom is 0.157 e. The van der Waals surface area contributed by atoms with Crippen LogP contribution in [0.5, 0.6) is 5.75 Å². The molecule has 1 atom stereocenters. The molecule has 27 heavy (non-hydrogen) atoms. The fourth-order valence-electron chi connectivity index (χ4n) is 3.18. The Kier molecular flexibility index (Phi) is 5.38. The third kappa shape index (κ3) is 4.30. The molecule has 0 unspecified atom stereocenters. The molecule has 0 amide bonds. The van der Waals surface area contributed by atoms with Gasteiger partial charge < -0.3 is 9.47 Å². The van der Waals surface area contributed by atoms with Gasteiger partial charge in [0.25, 0.3) is 0 Å². The Labute approximate surface area is 163 Å². The fraction of sp³-hybridized carbons (Fsp3) is 0.300. The minimum absolute atomic E-state index is 0.175. The highest BCUT2D eigenvalue weighted by atomic mass is 35.5. The summed E-state index contributed by atoms with van der Waals surface area (Å²) in [5.74, 6) is 0.859. The molecule has 4 rings (SSSR count). The zero-order chi connectivity index (χ0) is 18.6. The number of nitrogens with zero attached hydrogens (tertiary/aromatic N) is 4. The third-order valence-corrected chi connectivity index (χ3v) is 4.85. The van der Waals surface area contributed by atoms with E-state index in [-0.39, 0.29) is 6.23 Å². The van der Waals surface area contributed by atoms with Crippen LogP contribution < -0.4 is 4.74 Å². The van der Waals surface area contributed by atoms with Crippen molar-refractivity contribution in [3.8, 4) is 5.75 Å². The molecule has 0 saturated carbocycles. The first-order chi connectivity index (χ1) is 13.2. The van der Waals surface area contributed by atoms with Gasteiger partial charge in [-0.2, -0.15) is 0 Å². The highest BCUT2D eigenvalue weighted by Crippen LogP contribution is 2.27. The second kappa shape index (κ2) is 8.08. The van der Waals surface area contributed by atoms with Crippen molar-refractivity contribution in [3.05, 3.63) is 76.6 Å². The minimum Gasteiger partial charge on any atom is -0.497 e. The summed E-state index contributed by atoms with van der Waals surface area (Å²) in [6.45, 7) is 2.99. The fourth-order valence-corrected chi connectivity index (χ4v) is 3.31. The summed E-state index contributed by atoms with van der Waals surface area (Å²) >= 11 is 5.94. The van der Waals surface area contributed by atoms with Gasteiger partial charge in [0.05, 0.1) is 26.5 Å². The summed E-state index contributed by atoms with van der Waals surface area (Å²) in [7, 11) is 1.67. The molecule has 0 N–H and O–H groups in total. The molecular weight excluding hydrogens is 364 g/mol. The maximum absolute atomic E-state index is 5.94. The van der Waals surface area contributed by atoms with Crippen LogP contribution in [0.3, 0.4) is 0 Å². The van der Waals surface area contributed by atoms with E-state index in [1.54, 1.807) is 7.11 Å². The Morgan fingerprint density at radius 2 is 1.78 bits per heavy atom. The number of benzene rings is 2. The minimum atomic E-state index is -0.175. The van der Waals surface area contributed by atoms with Crippen molar-refractivity contribution < 1.29 is 9.47 Å². The number of halogens is 1. The Hall–Kier alpha value is -2.41. The molecule has 6 nitrogen and oxygen atoms in total. The summed E-state index contributed by atoms with van der Waals surface area (Å²) in [5.41, 5.74) is 3.16. The summed E-state index contributed by atoms with van der Waals surface area (Å²) in [4.78, 5) is 2.26. The molecule has 3 aromatic rings. The molecule has 2 aromatic carbocycles. The van der Waals surface area contributed by atoms with Crippen LogP contribution >= 0.6 is 11.6 Å². The van der Waals surface area contributed by atoms with Crippen molar-refractivity contribution in [1.82, 2.24) is 19.9 Å². The van der Waals surface area contributed by atoms with Crippen molar-refractivity contribution in [2.24, 2.45) is 0 Å². The Balaban J connectivity index is 1.43. The van der Waals surface area contributed by atoms with Crippen LogP contribution in [0.25, 0.3) is 0 Å². The van der Waals surface area contributed by atoms with Crippen LogP contribution in [0.1, 0.15) is 23.0 Å². The lowest BCUT2D eigenvalue weighted by Crippen LogP contribution is -2.23. The molecule has 0 bridgehead atoms. The van der Waals surface area contributed by atoms with Crippen LogP contribution in [0.2, 0.25) is 5.02 Å². The number of hydrogen-bond acceptors (Lipinski definition) is 5. The second-order valence-corrected chi connectivity index (χ2v) is 6.95. The van der Waals surface area contributed by atoms with Crippen LogP contribution in [0.4, 0.5) is 0 Å². The lowest BCUT2D eigenvalue weighted by atomic mass is 10.2. The van der Waals surface area contributed by atoms with Gasteiger partial charge in [0.2, 0.25) is 0 Å². The highest BCUT2D eigenvalue weighted by molar-refractivity contribution is 6.30. The summed E-state index contributed by atoms with van der Waals surface area (Å²) in [6.07, 6.45) is 1.78. The van der Waals surface area contributed by atoms with E-state index >= 15 is 0 Å². The van der Waals surface area contributed by atoms with Gasteiger partial charge in [0.15, 0.2) is 6.23 Å². The van der Waals surface area contributed by atoms with Crippen LogP contribution in [-0.2, 0) is 17.8 Å². The zero-order valence-corrected chi connectivity index (χ0v) is 15.8. The predicted molar refractivity (Wildman–Crippen MR) is 103 cm³/mol. The molecule has 1 saturated heterocycles. The summed E-state index contributed by atoms with van der Waals surface area (Å²) in [6, 6.07) is 15.8. The normalized spacial score (nSPS) is 17.3. The van der Waals surface area contributed by atoms with E-state index in [9.17, 15) is 0 Å². The van der Waals surface area contributed by atoms with Gasteiger partial charge >= 0.3 is 0 Å². The first kappa shape index (κ1) is 18.0. The van der Waals surface area contributed by atoms with E-state index in [0.717, 1.165) is 35.1 Å². The van der Waals surface area contributed by atoms with Crippen LogP contribution in [0, 0.1) is 0 Å². The topological polar surface area (TPSA) is 52.4 Å². The standard InChI is InChI=1S/C20H21ClN4O2/c1-26-18-8-4-15(5-9-18)12-24-10-11-27-20(24)19-14-25(23-22-19)13-16-2-6-17(21)7-3-16/h2-9,14,20H,10-13H2,1H3/t20-/m0/s1. The maximum atomic E-state index is 5.94. The van der Waals surface area contributed by atoms with Crippen molar-refractivity contribution in [1.29, 1.82) is 0 Å². The molecular formula is C20H21ClN4O2. The monoisotopic (exact) mass is 384 g/mol. The smallest absolute Gasteiger partial charge is 0.157 e. The Morgan fingerprint density at radius 3 is 2.52 bits per heavy atom. The van der Waals surface area contributed by atoms with Gasteiger partial charge in [-0.15, -0.1) is 5.10 Å². The number of hydrogen-bond donors (Lipinski definition) is 0. The number of aromatic nitrogens is 3. The lowest BCUT2D eigenvalue weighted by molar-refractivity contribution is 0.0252. The van der Waals surface area contributed by atoms with Crippen LogP contribution in [0.15, 0.2) is 54.7 Å². The van der Waals surface area contributed by atoms with Crippen molar-refractivity contribution >= 4 is 11.6 Å². The van der Waals surface area contributed by atoms with Gasteiger partial charge in [-0.05, 0) is 35.4 Å². The first-order valence-electron chi connectivity index (χ1n) is 8.84. The SMILES string of the molecule is COc1ccc(CN2CCO[C@H]2c2cn(Cc3ccc(Cl)cc3)nn2)cc1. The van der Waals surface area contributed by atoms with Crippen molar-refractivity contribution in [3.63, 3.8) is 0 Å². The molecule has 1 aromatic heterocycles. The molecule has 1 aliphatic heterocycles. The van der Waals surface area contributed by atoms with Crippen molar-refractivity contribution in [2.45, 2.75) is 19.3 Å². The largest absolute Gasteiger partial charge is 0.497 e.